The Morgan fingerprint density at radius 3 is 2.54 bits per heavy atom. The Morgan fingerprint density at radius 1 is 1.15 bits per heavy atom. The number of hydrogen-bond acceptors (Lipinski definition) is 5. The highest BCUT2D eigenvalue weighted by Gasteiger charge is 2.34. The standard InChI is InChI=1S/C17H21ClF3N5/c1-11-9-15(22-7-4-8-26(2)3)25-16(23-11)24-14-6-5-12(18)10-13(14)17(19,20)21/h5-6,9-10H,4,7-8H2,1-3H3,(H2,22,23,24,25). The maximum Gasteiger partial charge on any atom is 0.418 e. The lowest BCUT2D eigenvalue weighted by atomic mass is 10.1. The molecule has 0 spiro atoms. The van der Waals surface area contributed by atoms with Gasteiger partial charge in [0.2, 0.25) is 5.95 Å². The Labute approximate surface area is 155 Å². The van der Waals surface area contributed by atoms with Gasteiger partial charge in [-0.1, -0.05) is 11.6 Å². The van der Waals surface area contributed by atoms with E-state index in [9.17, 15) is 13.2 Å². The Hall–Kier alpha value is -2.06. The molecule has 0 unspecified atom stereocenters. The number of hydrogen-bond donors (Lipinski definition) is 2. The molecule has 0 aliphatic rings. The molecule has 1 heterocycles. The highest BCUT2D eigenvalue weighted by atomic mass is 35.5. The second-order valence-corrected chi connectivity index (χ2v) is 6.55. The predicted octanol–water partition coefficient (Wildman–Crippen LogP) is 4.56. The van der Waals surface area contributed by atoms with Gasteiger partial charge in [-0.3, -0.25) is 0 Å². The van der Waals surface area contributed by atoms with Gasteiger partial charge in [0, 0.05) is 23.3 Å². The Balaban J connectivity index is 2.17. The lowest BCUT2D eigenvalue weighted by molar-refractivity contribution is -0.136. The molecule has 0 atom stereocenters. The van der Waals surface area contributed by atoms with Gasteiger partial charge in [-0.2, -0.15) is 18.2 Å². The number of nitrogens with zero attached hydrogens (tertiary/aromatic N) is 3. The zero-order chi connectivity index (χ0) is 19.3. The molecule has 0 bridgehead atoms. The summed E-state index contributed by atoms with van der Waals surface area (Å²) in [4.78, 5) is 10.5. The van der Waals surface area contributed by atoms with E-state index in [2.05, 4.69) is 25.5 Å². The fourth-order valence-electron chi connectivity index (χ4n) is 2.31. The SMILES string of the molecule is Cc1cc(NCCCN(C)C)nc(Nc2ccc(Cl)cc2C(F)(F)F)n1. The zero-order valence-corrected chi connectivity index (χ0v) is 15.5. The van der Waals surface area contributed by atoms with E-state index in [1.807, 2.05) is 14.1 Å². The molecule has 2 N–H and O–H groups in total. The average Bonchev–Trinajstić information content (AvgIpc) is 2.52. The van der Waals surface area contributed by atoms with Crippen LogP contribution in [-0.2, 0) is 6.18 Å². The summed E-state index contributed by atoms with van der Waals surface area (Å²) in [5.74, 6) is 0.647. The first-order valence-corrected chi connectivity index (χ1v) is 8.41. The minimum Gasteiger partial charge on any atom is -0.370 e. The molecule has 2 rings (SSSR count). The molecule has 0 aliphatic heterocycles. The van der Waals surface area contributed by atoms with Gasteiger partial charge in [0.25, 0.3) is 0 Å². The van der Waals surface area contributed by atoms with Crippen molar-refractivity contribution in [3.63, 3.8) is 0 Å². The molecule has 0 amide bonds. The molecule has 0 saturated heterocycles. The van der Waals surface area contributed by atoms with Crippen molar-refractivity contribution in [2.45, 2.75) is 19.5 Å². The number of nitrogens with one attached hydrogen (secondary N) is 2. The Kier molecular flexibility index (Phi) is 6.66. The van der Waals surface area contributed by atoms with Crippen LogP contribution in [0.25, 0.3) is 0 Å². The predicted molar refractivity (Wildman–Crippen MR) is 98.2 cm³/mol. The van der Waals surface area contributed by atoms with Crippen molar-refractivity contribution in [3.05, 3.63) is 40.5 Å². The fraction of sp³-hybridized carbons (Fsp3) is 0.412. The highest BCUT2D eigenvalue weighted by Crippen LogP contribution is 2.37. The Bertz CT molecular complexity index is 750. The lowest BCUT2D eigenvalue weighted by Gasteiger charge is -2.15. The van der Waals surface area contributed by atoms with Crippen LogP contribution in [0.5, 0.6) is 0 Å². The molecule has 0 aliphatic carbocycles. The van der Waals surface area contributed by atoms with Gasteiger partial charge in [-0.05, 0) is 52.2 Å². The van der Waals surface area contributed by atoms with Crippen LogP contribution in [0.1, 0.15) is 17.7 Å². The van der Waals surface area contributed by atoms with Crippen molar-refractivity contribution >= 4 is 29.1 Å². The second kappa shape index (κ2) is 8.55. The van der Waals surface area contributed by atoms with Crippen LogP contribution in [-0.4, -0.2) is 42.1 Å². The monoisotopic (exact) mass is 387 g/mol. The van der Waals surface area contributed by atoms with Gasteiger partial charge in [-0.15, -0.1) is 0 Å². The van der Waals surface area contributed by atoms with E-state index >= 15 is 0 Å². The largest absolute Gasteiger partial charge is 0.418 e. The van der Waals surface area contributed by atoms with Crippen molar-refractivity contribution in [3.8, 4) is 0 Å². The molecular weight excluding hydrogens is 367 g/mol. The van der Waals surface area contributed by atoms with Crippen LogP contribution in [0.3, 0.4) is 0 Å². The van der Waals surface area contributed by atoms with Gasteiger partial charge in [0.05, 0.1) is 11.3 Å². The molecule has 0 fully saturated rings. The summed E-state index contributed by atoms with van der Waals surface area (Å²) in [6, 6.07) is 5.27. The van der Waals surface area contributed by atoms with Crippen LogP contribution < -0.4 is 10.6 Å². The van der Waals surface area contributed by atoms with Gasteiger partial charge in [-0.25, -0.2) is 4.98 Å². The number of alkyl halides is 3. The van der Waals surface area contributed by atoms with E-state index < -0.39 is 11.7 Å². The number of rotatable bonds is 7. The number of aromatic nitrogens is 2. The van der Waals surface area contributed by atoms with Gasteiger partial charge < -0.3 is 15.5 Å². The van der Waals surface area contributed by atoms with E-state index in [1.165, 1.54) is 12.1 Å². The van der Waals surface area contributed by atoms with Crippen molar-refractivity contribution in [1.82, 2.24) is 14.9 Å². The van der Waals surface area contributed by atoms with E-state index in [1.54, 1.807) is 13.0 Å². The Morgan fingerprint density at radius 2 is 1.88 bits per heavy atom. The molecule has 1 aromatic carbocycles. The quantitative estimate of drug-likeness (QED) is 0.682. The average molecular weight is 388 g/mol. The third kappa shape index (κ3) is 6.03. The van der Waals surface area contributed by atoms with Gasteiger partial charge >= 0.3 is 6.18 Å². The minimum absolute atomic E-state index is 0.0104. The maximum absolute atomic E-state index is 13.2. The number of halogens is 4. The summed E-state index contributed by atoms with van der Waals surface area (Å²) in [6.45, 7) is 3.37. The van der Waals surface area contributed by atoms with Crippen LogP contribution in [0.2, 0.25) is 5.02 Å². The summed E-state index contributed by atoms with van der Waals surface area (Å²) in [5, 5.41) is 5.82. The summed E-state index contributed by atoms with van der Waals surface area (Å²) in [5.41, 5.74) is -0.373. The minimum atomic E-state index is -4.54. The van der Waals surface area contributed by atoms with E-state index in [4.69, 9.17) is 11.6 Å². The van der Waals surface area contributed by atoms with Crippen molar-refractivity contribution in [1.29, 1.82) is 0 Å². The highest BCUT2D eigenvalue weighted by molar-refractivity contribution is 6.30. The van der Waals surface area contributed by atoms with Crippen molar-refractivity contribution < 1.29 is 13.2 Å². The molecule has 142 valence electrons. The molecule has 0 radical (unpaired) electrons. The van der Waals surface area contributed by atoms with Crippen LogP contribution in [0, 0.1) is 6.92 Å². The lowest BCUT2D eigenvalue weighted by Crippen LogP contribution is -2.17. The normalized spacial score (nSPS) is 11.7. The van der Waals surface area contributed by atoms with E-state index in [0.717, 1.165) is 19.0 Å². The molecule has 0 saturated carbocycles. The number of benzene rings is 1. The molecule has 26 heavy (non-hydrogen) atoms. The van der Waals surface area contributed by atoms with Crippen LogP contribution in [0.4, 0.5) is 30.6 Å². The summed E-state index contributed by atoms with van der Waals surface area (Å²) < 4.78 is 39.6. The van der Waals surface area contributed by atoms with Crippen LogP contribution >= 0.6 is 11.6 Å². The third-order valence-corrected chi connectivity index (χ3v) is 3.71. The molecule has 1 aromatic heterocycles. The van der Waals surface area contributed by atoms with E-state index in [0.29, 0.717) is 18.1 Å². The molecule has 5 nitrogen and oxygen atoms in total. The van der Waals surface area contributed by atoms with E-state index in [-0.39, 0.29) is 16.7 Å². The first-order valence-electron chi connectivity index (χ1n) is 8.03. The van der Waals surface area contributed by atoms with Gasteiger partial charge in [0.1, 0.15) is 5.82 Å². The van der Waals surface area contributed by atoms with Crippen molar-refractivity contribution in [2.24, 2.45) is 0 Å². The second-order valence-electron chi connectivity index (χ2n) is 6.11. The topological polar surface area (TPSA) is 53.1 Å². The molecule has 9 heteroatoms. The fourth-order valence-corrected chi connectivity index (χ4v) is 2.48. The maximum atomic E-state index is 13.2. The smallest absolute Gasteiger partial charge is 0.370 e. The van der Waals surface area contributed by atoms with Gasteiger partial charge in [0.15, 0.2) is 0 Å². The molecular formula is C17H21ClF3N5. The van der Waals surface area contributed by atoms with Crippen LogP contribution in [0.15, 0.2) is 24.3 Å². The first-order chi connectivity index (χ1) is 12.1. The first kappa shape index (κ1) is 20.3. The number of aryl methyl sites for hydroxylation is 1. The zero-order valence-electron chi connectivity index (χ0n) is 14.8. The number of anilines is 3. The summed E-state index contributed by atoms with van der Waals surface area (Å²) in [7, 11) is 3.97. The summed E-state index contributed by atoms with van der Waals surface area (Å²) >= 11 is 5.70. The third-order valence-electron chi connectivity index (χ3n) is 3.48. The molecule has 2 aromatic rings. The summed E-state index contributed by atoms with van der Waals surface area (Å²) in [6.07, 6.45) is -3.63. The van der Waals surface area contributed by atoms with Crippen molar-refractivity contribution in [2.75, 3.05) is 37.8 Å².